The Morgan fingerprint density at radius 1 is 1.13 bits per heavy atom. The van der Waals surface area contributed by atoms with Gasteiger partial charge in [-0.15, -0.1) is 0 Å². The fourth-order valence-electron chi connectivity index (χ4n) is 1.90. The third-order valence-electron chi connectivity index (χ3n) is 3.42. The number of hydrogen-bond acceptors (Lipinski definition) is 2. The molecule has 0 spiro atoms. The predicted octanol–water partition coefficient (Wildman–Crippen LogP) is 2.51. The Kier molecular flexibility index (Phi) is 6.57. The molecule has 3 unspecified atom stereocenters. The molecule has 0 amide bonds. The zero-order valence-corrected chi connectivity index (χ0v) is 10.6. The summed E-state index contributed by atoms with van der Waals surface area (Å²) in [5, 5.41) is 12.3. The topological polar surface area (TPSA) is 49.3 Å². The van der Waals surface area contributed by atoms with Crippen molar-refractivity contribution in [2.24, 2.45) is 11.8 Å². The van der Waals surface area contributed by atoms with Crippen molar-refractivity contribution < 1.29 is 9.90 Å². The lowest BCUT2D eigenvalue weighted by Crippen LogP contribution is -2.44. The highest BCUT2D eigenvalue weighted by molar-refractivity contribution is 5.70. The second kappa shape index (κ2) is 6.83. The minimum absolute atomic E-state index is 0.0260. The molecular formula is C12H25NO2. The van der Waals surface area contributed by atoms with Gasteiger partial charge in [0, 0.05) is 12.1 Å². The molecule has 0 aliphatic heterocycles. The molecule has 90 valence electrons. The van der Waals surface area contributed by atoms with Gasteiger partial charge < -0.3 is 10.4 Å². The van der Waals surface area contributed by atoms with Gasteiger partial charge in [0.1, 0.15) is 0 Å². The van der Waals surface area contributed by atoms with Gasteiger partial charge in [0.15, 0.2) is 0 Å². The van der Waals surface area contributed by atoms with E-state index < -0.39 is 5.97 Å². The zero-order valence-electron chi connectivity index (χ0n) is 10.6. The van der Waals surface area contributed by atoms with Crippen LogP contribution in [0.5, 0.6) is 0 Å². The van der Waals surface area contributed by atoms with Crippen molar-refractivity contribution in [3.63, 3.8) is 0 Å². The lowest BCUT2D eigenvalue weighted by Gasteiger charge is -2.28. The van der Waals surface area contributed by atoms with Gasteiger partial charge in [-0.05, 0) is 19.8 Å². The summed E-state index contributed by atoms with van der Waals surface area (Å²) in [6, 6.07) is 0.412. The smallest absolute Gasteiger partial charge is 0.307 e. The molecule has 0 aliphatic rings. The highest BCUT2D eigenvalue weighted by Crippen LogP contribution is 2.14. The summed E-state index contributed by atoms with van der Waals surface area (Å²) in [6.07, 6.45) is 2.28. The van der Waals surface area contributed by atoms with E-state index in [-0.39, 0.29) is 12.0 Å². The van der Waals surface area contributed by atoms with E-state index in [1.807, 2.05) is 6.92 Å². The molecule has 3 heteroatoms. The van der Waals surface area contributed by atoms with Gasteiger partial charge in [-0.1, -0.05) is 33.6 Å². The van der Waals surface area contributed by atoms with Gasteiger partial charge in [0.2, 0.25) is 0 Å². The maximum Gasteiger partial charge on any atom is 0.307 e. The van der Waals surface area contributed by atoms with E-state index in [2.05, 4.69) is 26.1 Å². The number of nitrogens with one attached hydrogen (secondary N) is 1. The first kappa shape index (κ1) is 14.4. The maximum atomic E-state index is 10.8. The molecule has 0 fully saturated rings. The van der Waals surface area contributed by atoms with E-state index in [1.54, 1.807) is 6.92 Å². The number of carbonyl (C=O) groups is 1. The number of carboxylic acid groups (broad SMARTS) is 1. The summed E-state index contributed by atoms with van der Waals surface area (Å²) in [4.78, 5) is 10.8. The van der Waals surface area contributed by atoms with Crippen LogP contribution in [0.25, 0.3) is 0 Å². The normalized spacial score (nSPS) is 17.5. The Labute approximate surface area is 93.3 Å². The molecule has 0 heterocycles. The molecule has 0 aromatic rings. The van der Waals surface area contributed by atoms with E-state index in [0.717, 1.165) is 12.8 Å². The van der Waals surface area contributed by atoms with Crippen molar-refractivity contribution in [1.29, 1.82) is 0 Å². The number of rotatable bonds is 7. The lowest BCUT2D eigenvalue weighted by atomic mass is 9.93. The van der Waals surface area contributed by atoms with Gasteiger partial charge >= 0.3 is 5.97 Å². The van der Waals surface area contributed by atoms with Crippen molar-refractivity contribution in [2.75, 3.05) is 0 Å². The standard InChI is InChI=1S/C12H25NO2/c1-6-11(7-2)10(5)13-9(4)8(3)12(14)15/h8-11,13H,6-7H2,1-5H3,(H,14,15). The summed E-state index contributed by atoms with van der Waals surface area (Å²) in [5.74, 6) is -0.429. The molecule has 0 rings (SSSR count). The molecule has 3 nitrogen and oxygen atoms in total. The summed E-state index contributed by atoms with van der Waals surface area (Å²) >= 11 is 0. The summed E-state index contributed by atoms with van der Waals surface area (Å²) in [7, 11) is 0. The van der Waals surface area contributed by atoms with Gasteiger partial charge in [-0.3, -0.25) is 4.79 Å². The van der Waals surface area contributed by atoms with E-state index in [0.29, 0.717) is 12.0 Å². The number of hydrogen-bond donors (Lipinski definition) is 2. The van der Waals surface area contributed by atoms with Crippen molar-refractivity contribution >= 4 is 5.97 Å². The lowest BCUT2D eigenvalue weighted by molar-refractivity contribution is -0.142. The van der Waals surface area contributed by atoms with Crippen LogP contribution in [0.4, 0.5) is 0 Å². The van der Waals surface area contributed by atoms with Crippen LogP contribution >= 0.6 is 0 Å². The van der Waals surface area contributed by atoms with Gasteiger partial charge in [0.25, 0.3) is 0 Å². The summed E-state index contributed by atoms with van der Waals surface area (Å²) in [6.45, 7) is 10.2. The van der Waals surface area contributed by atoms with Crippen LogP contribution in [0, 0.1) is 11.8 Å². The fraction of sp³-hybridized carbons (Fsp3) is 0.917. The minimum Gasteiger partial charge on any atom is -0.481 e. The summed E-state index contributed by atoms with van der Waals surface area (Å²) in [5.41, 5.74) is 0. The average molecular weight is 215 g/mol. The minimum atomic E-state index is -0.730. The first-order valence-corrected chi connectivity index (χ1v) is 5.92. The van der Waals surface area contributed by atoms with Crippen LogP contribution < -0.4 is 5.32 Å². The van der Waals surface area contributed by atoms with Crippen LogP contribution in [0.2, 0.25) is 0 Å². The Bertz CT molecular complexity index is 190. The van der Waals surface area contributed by atoms with Crippen molar-refractivity contribution in [1.82, 2.24) is 5.32 Å². The quantitative estimate of drug-likeness (QED) is 0.686. The molecule has 2 N–H and O–H groups in total. The molecule has 0 radical (unpaired) electrons. The van der Waals surface area contributed by atoms with Crippen LogP contribution in [0.1, 0.15) is 47.5 Å². The van der Waals surface area contributed by atoms with E-state index in [1.165, 1.54) is 0 Å². The summed E-state index contributed by atoms with van der Waals surface area (Å²) < 4.78 is 0. The molecule has 0 saturated heterocycles. The Hall–Kier alpha value is -0.570. The van der Waals surface area contributed by atoms with Crippen molar-refractivity contribution in [3.8, 4) is 0 Å². The van der Waals surface area contributed by atoms with Crippen LogP contribution in [0.15, 0.2) is 0 Å². The zero-order chi connectivity index (χ0) is 12.0. The Morgan fingerprint density at radius 2 is 1.60 bits per heavy atom. The SMILES string of the molecule is CCC(CC)C(C)NC(C)C(C)C(=O)O. The third-order valence-corrected chi connectivity index (χ3v) is 3.42. The number of aliphatic carboxylic acids is 1. The van der Waals surface area contributed by atoms with Gasteiger partial charge in [-0.25, -0.2) is 0 Å². The first-order chi connectivity index (χ1) is 6.93. The molecule has 0 aromatic carbocycles. The molecule has 3 atom stereocenters. The Morgan fingerprint density at radius 3 is 1.93 bits per heavy atom. The monoisotopic (exact) mass is 215 g/mol. The third kappa shape index (κ3) is 4.65. The fourth-order valence-corrected chi connectivity index (χ4v) is 1.90. The molecule has 0 saturated carbocycles. The van der Waals surface area contributed by atoms with Gasteiger partial charge in [0.05, 0.1) is 5.92 Å². The maximum absolute atomic E-state index is 10.8. The van der Waals surface area contributed by atoms with E-state index >= 15 is 0 Å². The second-order valence-electron chi connectivity index (χ2n) is 4.45. The molecule has 0 aliphatic carbocycles. The number of carboxylic acids is 1. The molecule has 0 aromatic heterocycles. The van der Waals surface area contributed by atoms with Crippen LogP contribution in [-0.2, 0) is 4.79 Å². The highest BCUT2D eigenvalue weighted by atomic mass is 16.4. The largest absolute Gasteiger partial charge is 0.481 e. The molecular weight excluding hydrogens is 190 g/mol. The second-order valence-corrected chi connectivity index (χ2v) is 4.45. The highest BCUT2D eigenvalue weighted by Gasteiger charge is 2.22. The van der Waals surface area contributed by atoms with E-state index in [4.69, 9.17) is 5.11 Å². The van der Waals surface area contributed by atoms with Crippen molar-refractivity contribution in [2.45, 2.75) is 59.5 Å². The van der Waals surface area contributed by atoms with Crippen LogP contribution in [0.3, 0.4) is 0 Å². The van der Waals surface area contributed by atoms with Crippen LogP contribution in [-0.4, -0.2) is 23.2 Å². The average Bonchev–Trinajstić information content (AvgIpc) is 2.18. The predicted molar refractivity (Wildman–Crippen MR) is 62.9 cm³/mol. The molecule has 15 heavy (non-hydrogen) atoms. The molecule has 0 bridgehead atoms. The Balaban J connectivity index is 4.15. The van der Waals surface area contributed by atoms with E-state index in [9.17, 15) is 4.79 Å². The van der Waals surface area contributed by atoms with Gasteiger partial charge in [-0.2, -0.15) is 0 Å². The first-order valence-electron chi connectivity index (χ1n) is 5.92. The van der Waals surface area contributed by atoms with Crippen molar-refractivity contribution in [3.05, 3.63) is 0 Å².